The predicted molar refractivity (Wildman–Crippen MR) is 87.7 cm³/mol. The number of carboxylic acids is 1. The lowest BCUT2D eigenvalue weighted by Crippen LogP contribution is -2.37. The molecule has 6 heteroatoms. The van der Waals surface area contributed by atoms with Crippen molar-refractivity contribution in [1.82, 2.24) is 9.97 Å². The number of carbonyl (C=O) groups is 1. The van der Waals surface area contributed by atoms with Crippen LogP contribution in [0.3, 0.4) is 0 Å². The maximum atomic E-state index is 11.5. The highest BCUT2D eigenvalue weighted by molar-refractivity contribution is 5.83. The standard InChI is InChI=1S/C17H18N4O2/c22-17(23)14-6-3-9-21(14)16-12-7-8-18-13-5-2-1-4-11(13)15(12)19-10-20-16/h1-2,4-5,10,14,18H,3,6-9H2,(H,22,23). The second-order valence-electron chi connectivity index (χ2n) is 5.94. The van der Waals surface area contributed by atoms with Crippen molar-refractivity contribution in [3.05, 3.63) is 36.2 Å². The quantitative estimate of drug-likeness (QED) is 0.885. The van der Waals surface area contributed by atoms with E-state index in [-0.39, 0.29) is 0 Å². The number of hydrogen-bond acceptors (Lipinski definition) is 5. The summed E-state index contributed by atoms with van der Waals surface area (Å²) in [6.07, 6.45) is 3.88. The summed E-state index contributed by atoms with van der Waals surface area (Å²) < 4.78 is 0. The smallest absolute Gasteiger partial charge is 0.326 e. The molecule has 1 atom stereocenters. The highest BCUT2D eigenvalue weighted by Crippen LogP contribution is 2.37. The molecule has 1 fully saturated rings. The number of nitrogens with one attached hydrogen (secondary N) is 1. The Morgan fingerprint density at radius 2 is 2.17 bits per heavy atom. The van der Waals surface area contributed by atoms with E-state index in [1.165, 1.54) is 0 Å². The molecular weight excluding hydrogens is 292 g/mol. The topological polar surface area (TPSA) is 78.3 Å². The second kappa shape index (κ2) is 5.53. The van der Waals surface area contributed by atoms with Gasteiger partial charge in [-0.1, -0.05) is 18.2 Å². The Bertz CT molecular complexity index is 762. The SMILES string of the molecule is O=C(O)C1CCCN1c1ncnc2c1CCNc1ccccc1-2. The molecule has 0 radical (unpaired) electrons. The van der Waals surface area contributed by atoms with Gasteiger partial charge in [0, 0.05) is 29.9 Å². The van der Waals surface area contributed by atoms with Crippen LogP contribution >= 0.6 is 0 Å². The number of rotatable bonds is 2. The van der Waals surface area contributed by atoms with Gasteiger partial charge in [0.15, 0.2) is 0 Å². The number of para-hydroxylation sites is 1. The zero-order valence-corrected chi connectivity index (χ0v) is 12.7. The van der Waals surface area contributed by atoms with Crippen molar-refractivity contribution in [3.63, 3.8) is 0 Å². The van der Waals surface area contributed by atoms with E-state index in [0.717, 1.165) is 54.3 Å². The van der Waals surface area contributed by atoms with E-state index in [2.05, 4.69) is 15.3 Å². The third-order valence-electron chi connectivity index (χ3n) is 4.61. The average Bonchev–Trinajstić information content (AvgIpc) is 2.97. The highest BCUT2D eigenvalue weighted by atomic mass is 16.4. The van der Waals surface area contributed by atoms with E-state index < -0.39 is 12.0 Å². The third kappa shape index (κ3) is 2.30. The summed E-state index contributed by atoms with van der Waals surface area (Å²) in [5, 5.41) is 12.9. The molecule has 0 spiro atoms. The molecule has 2 aliphatic rings. The Hall–Kier alpha value is -2.63. The molecule has 23 heavy (non-hydrogen) atoms. The number of carboxylic acid groups (broad SMARTS) is 1. The summed E-state index contributed by atoms with van der Waals surface area (Å²) in [7, 11) is 0. The van der Waals surface area contributed by atoms with Crippen LogP contribution in [0, 0.1) is 0 Å². The molecule has 1 unspecified atom stereocenters. The number of hydrogen-bond donors (Lipinski definition) is 2. The molecule has 4 rings (SSSR count). The molecule has 6 nitrogen and oxygen atoms in total. The maximum Gasteiger partial charge on any atom is 0.326 e. The largest absolute Gasteiger partial charge is 0.480 e. The van der Waals surface area contributed by atoms with Crippen molar-refractivity contribution in [2.24, 2.45) is 0 Å². The minimum absolute atomic E-state index is 0.486. The fourth-order valence-electron chi connectivity index (χ4n) is 3.56. The van der Waals surface area contributed by atoms with Gasteiger partial charge in [-0.3, -0.25) is 0 Å². The van der Waals surface area contributed by atoms with Crippen LogP contribution in [0.25, 0.3) is 11.3 Å². The van der Waals surface area contributed by atoms with Crippen molar-refractivity contribution >= 4 is 17.5 Å². The fraction of sp³-hybridized carbons (Fsp3) is 0.353. The third-order valence-corrected chi connectivity index (χ3v) is 4.61. The van der Waals surface area contributed by atoms with E-state index in [1.54, 1.807) is 6.33 Å². The van der Waals surface area contributed by atoms with E-state index in [9.17, 15) is 9.90 Å². The molecule has 0 amide bonds. The van der Waals surface area contributed by atoms with Gasteiger partial charge in [0.2, 0.25) is 0 Å². The van der Waals surface area contributed by atoms with Gasteiger partial charge in [0.1, 0.15) is 18.2 Å². The summed E-state index contributed by atoms with van der Waals surface area (Å²) in [5.74, 6) is 0.000382. The van der Waals surface area contributed by atoms with E-state index in [0.29, 0.717) is 6.42 Å². The lowest BCUT2D eigenvalue weighted by molar-refractivity contribution is -0.138. The van der Waals surface area contributed by atoms with Crippen molar-refractivity contribution in [2.75, 3.05) is 23.3 Å². The maximum absolute atomic E-state index is 11.5. The van der Waals surface area contributed by atoms with Gasteiger partial charge in [0.05, 0.1) is 5.69 Å². The molecule has 2 aromatic rings. The molecule has 0 aliphatic carbocycles. The minimum atomic E-state index is -0.776. The second-order valence-corrected chi connectivity index (χ2v) is 5.94. The monoisotopic (exact) mass is 310 g/mol. The van der Waals surface area contributed by atoms with Gasteiger partial charge < -0.3 is 15.3 Å². The first-order chi connectivity index (χ1) is 11.3. The molecule has 3 heterocycles. The Morgan fingerprint density at radius 1 is 1.30 bits per heavy atom. The number of aromatic nitrogens is 2. The zero-order valence-electron chi connectivity index (χ0n) is 12.7. The molecule has 1 aromatic heterocycles. The summed E-state index contributed by atoms with van der Waals surface area (Å²) in [4.78, 5) is 22.4. The number of aliphatic carboxylic acids is 1. The Kier molecular flexibility index (Phi) is 3.37. The molecule has 0 bridgehead atoms. The lowest BCUT2D eigenvalue weighted by Gasteiger charge is -2.25. The van der Waals surface area contributed by atoms with Gasteiger partial charge in [-0.25, -0.2) is 14.8 Å². The van der Waals surface area contributed by atoms with Crippen molar-refractivity contribution < 1.29 is 9.90 Å². The van der Waals surface area contributed by atoms with Crippen LogP contribution in [-0.4, -0.2) is 40.2 Å². The zero-order chi connectivity index (χ0) is 15.8. The molecule has 1 saturated heterocycles. The van der Waals surface area contributed by atoms with Crippen LogP contribution in [0.15, 0.2) is 30.6 Å². The van der Waals surface area contributed by atoms with Gasteiger partial charge in [-0.15, -0.1) is 0 Å². The van der Waals surface area contributed by atoms with Crippen LogP contribution in [0.2, 0.25) is 0 Å². The van der Waals surface area contributed by atoms with E-state index in [1.807, 2.05) is 29.2 Å². The summed E-state index contributed by atoms with van der Waals surface area (Å²) in [5.41, 5.74) is 4.06. The van der Waals surface area contributed by atoms with Gasteiger partial charge >= 0.3 is 5.97 Å². The summed E-state index contributed by atoms with van der Waals surface area (Å²) in [6.45, 7) is 1.52. The molecule has 2 N–H and O–H groups in total. The van der Waals surface area contributed by atoms with Crippen LogP contribution < -0.4 is 10.2 Å². The molecule has 118 valence electrons. The molecule has 2 aliphatic heterocycles. The lowest BCUT2D eigenvalue weighted by atomic mass is 10.0. The first-order valence-corrected chi connectivity index (χ1v) is 7.92. The summed E-state index contributed by atoms with van der Waals surface area (Å²) in [6, 6.07) is 7.59. The molecule has 0 saturated carbocycles. The Labute approximate surface area is 134 Å². The van der Waals surface area contributed by atoms with E-state index >= 15 is 0 Å². The van der Waals surface area contributed by atoms with Crippen molar-refractivity contribution in [1.29, 1.82) is 0 Å². The van der Waals surface area contributed by atoms with Crippen molar-refractivity contribution in [3.8, 4) is 11.3 Å². The first kappa shape index (κ1) is 14.0. The highest BCUT2D eigenvalue weighted by Gasteiger charge is 2.34. The van der Waals surface area contributed by atoms with Crippen LogP contribution in [-0.2, 0) is 11.2 Å². The number of fused-ring (bicyclic) bond motifs is 3. The number of anilines is 2. The van der Waals surface area contributed by atoms with Gasteiger partial charge in [0.25, 0.3) is 0 Å². The van der Waals surface area contributed by atoms with E-state index in [4.69, 9.17) is 0 Å². The van der Waals surface area contributed by atoms with Gasteiger partial charge in [-0.2, -0.15) is 0 Å². The van der Waals surface area contributed by atoms with Gasteiger partial charge in [-0.05, 0) is 25.3 Å². The molecular formula is C17H18N4O2. The summed E-state index contributed by atoms with van der Waals surface area (Å²) >= 11 is 0. The first-order valence-electron chi connectivity index (χ1n) is 7.92. The van der Waals surface area contributed by atoms with Crippen LogP contribution in [0.1, 0.15) is 18.4 Å². The predicted octanol–water partition coefficient (Wildman–Crippen LogP) is 2.17. The number of nitrogens with zero attached hydrogens (tertiary/aromatic N) is 3. The number of benzene rings is 1. The minimum Gasteiger partial charge on any atom is -0.480 e. The normalized spacial score (nSPS) is 19.5. The Balaban J connectivity index is 1.85. The molecule has 1 aromatic carbocycles. The van der Waals surface area contributed by atoms with Crippen LogP contribution in [0.4, 0.5) is 11.5 Å². The van der Waals surface area contributed by atoms with Crippen molar-refractivity contribution in [2.45, 2.75) is 25.3 Å². The Morgan fingerprint density at radius 3 is 3.04 bits per heavy atom. The average molecular weight is 310 g/mol. The fourth-order valence-corrected chi connectivity index (χ4v) is 3.56. The van der Waals surface area contributed by atoms with Crippen LogP contribution in [0.5, 0.6) is 0 Å².